The molecule has 0 spiro atoms. The van der Waals surface area contributed by atoms with Crippen molar-refractivity contribution in [1.29, 1.82) is 0 Å². The van der Waals surface area contributed by atoms with Crippen molar-refractivity contribution in [3.05, 3.63) is 0 Å². The van der Waals surface area contributed by atoms with Crippen LogP contribution in [0.3, 0.4) is 0 Å². The summed E-state index contributed by atoms with van der Waals surface area (Å²) in [6, 6.07) is 0. The molecule has 18 heteroatoms. The molecule has 16 bridgehead atoms. The largest absolute Gasteiger partial charge is 0.457 e. The van der Waals surface area contributed by atoms with Crippen LogP contribution in [0.25, 0.3) is 0 Å². The van der Waals surface area contributed by atoms with E-state index in [9.17, 15) is 19.2 Å². The summed E-state index contributed by atoms with van der Waals surface area (Å²) < 4.78 is 54.1. The van der Waals surface area contributed by atoms with Crippen LogP contribution >= 0.6 is 0 Å². The topological polar surface area (TPSA) is 241 Å². The van der Waals surface area contributed by atoms with Crippen molar-refractivity contribution in [3.8, 4) is 0 Å². The summed E-state index contributed by atoms with van der Waals surface area (Å²) in [4.78, 5) is 47.1. The zero-order chi connectivity index (χ0) is 54.6. The van der Waals surface area contributed by atoms with Gasteiger partial charge in [0.15, 0.2) is 0 Å². The summed E-state index contributed by atoms with van der Waals surface area (Å²) >= 11 is 0. The first kappa shape index (κ1) is 60.1. The lowest BCUT2D eigenvalue weighted by Gasteiger charge is -2.55. The normalized spacial score (nSPS) is 38.8. The van der Waals surface area contributed by atoms with Crippen LogP contribution in [-0.2, 0) is 66.5 Å². The van der Waals surface area contributed by atoms with Gasteiger partial charge in [0.2, 0.25) is 0 Å². The van der Waals surface area contributed by atoms with Gasteiger partial charge in [-0.25, -0.2) is 19.2 Å². The van der Waals surface area contributed by atoms with E-state index in [0.29, 0.717) is 52.9 Å². The summed E-state index contributed by atoms with van der Waals surface area (Å²) in [6.07, 6.45) is 28.8. The Morgan fingerprint density at radius 1 is 0.269 bits per heavy atom. The number of rotatable bonds is 26. The van der Waals surface area contributed by atoms with E-state index in [1.54, 1.807) is 0 Å². The third-order valence-electron chi connectivity index (χ3n) is 19.9. The smallest absolute Gasteiger partial charge is 0.332 e. The monoisotopic (exact) mass is 1100 g/mol. The fourth-order valence-electron chi connectivity index (χ4n) is 19.0. The van der Waals surface area contributed by atoms with Gasteiger partial charge < -0.3 is 67.8 Å². The van der Waals surface area contributed by atoms with Gasteiger partial charge in [0, 0.05) is 0 Å². The Morgan fingerprint density at radius 2 is 0.449 bits per heavy atom. The van der Waals surface area contributed by atoms with Crippen molar-refractivity contribution in [2.75, 3.05) is 106 Å². The van der Waals surface area contributed by atoms with Crippen molar-refractivity contribution in [2.45, 2.75) is 177 Å². The Hall–Kier alpha value is -2.52. The molecule has 16 fully saturated rings. The molecule has 0 aromatic heterocycles. The molecule has 0 aromatic carbocycles. The molecule has 18 nitrogen and oxygen atoms in total. The van der Waals surface area contributed by atoms with Gasteiger partial charge in [-0.3, -0.25) is 0 Å². The summed E-state index contributed by atoms with van der Waals surface area (Å²) in [7, 11) is 0. The molecule has 0 heterocycles. The van der Waals surface area contributed by atoms with Crippen LogP contribution < -0.4 is 0 Å². The fraction of sp³-hybridized carbons (Fsp3) is 0.933. The van der Waals surface area contributed by atoms with E-state index in [-0.39, 0.29) is 86.6 Å². The van der Waals surface area contributed by atoms with Crippen molar-refractivity contribution >= 4 is 23.9 Å². The van der Waals surface area contributed by atoms with Crippen LogP contribution in [0.4, 0.5) is 0 Å². The second-order valence-electron chi connectivity index (χ2n) is 26.6. The summed E-state index contributed by atoms with van der Waals surface area (Å²) in [6.45, 7) is 2.79. The molecule has 444 valence electrons. The molecule has 16 saturated carbocycles. The van der Waals surface area contributed by atoms with E-state index >= 15 is 0 Å². The number of hydrogen-bond acceptors (Lipinski definition) is 18. The number of carbonyl (C=O) groups is 4. The minimum atomic E-state index is -0.470. The molecular weight excluding hydrogens is 1010 g/mol. The Bertz CT molecular complexity index is 1780. The highest BCUT2D eigenvalue weighted by Gasteiger charge is 2.56. The lowest BCUT2D eigenvalue weighted by molar-refractivity contribution is -0.192. The van der Waals surface area contributed by atoms with Crippen LogP contribution in [-0.4, -0.2) is 172 Å². The highest BCUT2D eigenvalue weighted by Crippen LogP contribution is 2.60. The number of aliphatic hydroxyl groups excluding tert-OH is 4. The molecule has 16 aliphatic carbocycles. The van der Waals surface area contributed by atoms with Gasteiger partial charge >= 0.3 is 23.9 Å². The maximum Gasteiger partial charge on any atom is 0.332 e. The van der Waals surface area contributed by atoms with Crippen LogP contribution in [0.15, 0.2) is 0 Å². The molecule has 0 unspecified atom stereocenters. The quantitative estimate of drug-likeness (QED) is 0.0437. The van der Waals surface area contributed by atoms with Crippen molar-refractivity contribution in [2.24, 2.45) is 71.0 Å². The minimum Gasteiger partial charge on any atom is -0.457 e. The molecule has 4 N–H and O–H groups in total. The van der Waals surface area contributed by atoms with Gasteiger partial charge in [-0.1, -0.05) is 0 Å². The summed E-state index contributed by atoms with van der Waals surface area (Å²) in [5.41, 5.74) is -0.721. The highest BCUT2D eigenvalue weighted by atomic mass is 16.6. The van der Waals surface area contributed by atoms with Crippen LogP contribution in [0.5, 0.6) is 0 Å². The zero-order valence-corrected chi connectivity index (χ0v) is 46.7. The average molecular weight is 1110 g/mol. The van der Waals surface area contributed by atoms with Crippen molar-refractivity contribution < 1.29 is 87.0 Å². The predicted octanol–water partition coefficient (Wildman–Crippen LogP) is 6.06. The number of aliphatic hydroxyl groups is 4. The third-order valence-corrected chi connectivity index (χ3v) is 19.9. The lowest BCUT2D eigenvalue weighted by atomic mass is 9.54. The lowest BCUT2D eigenvalue weighted by Crippen LogP contribution is -2.53. The SMILES string of the molecule is O=C(CO)OC12CC3CC(CC(C3)C1)C2.O=C(COCCO)OC12CC3CC(CC(C3)C1)C2.O=C(COCCOCCO)OC12CC3CC(CC(C3)C1)C2.O=C(COCCOCCOCCO)OC12CC3CC(CC(C3)C1)C2. The van der Waals surface area contributed by atoms with Crippen LogP contribution in [0.2, 0.25) is 0 Å². The Morgan fingerprint density at radius 3 is 0.667 bits per heavy atom. The number of esters is 4. The van der Waals surface area contributed by atoms with Crippen molar-refractivity contribution in [3.63, 3.8) is 0 Å². The van der Waals surface area contributed by atoms with E-state index in [1.165, 1.54) is 77.0 Å². The van der Waals surface area contributed by atoms with Gasteiger partial charge in [0.1, 0.15) is 48.8 Å². The van der Waals surface area contributed by atoms with Crippen LogP contribution in [0.1, 0.15) is 154 Å². The van der Waals surface area contributed by atoms with Crippen molar-refractivity contribution in [1.82, 2.24) is 0 Å². The molecule has 0 aliphatic heterocycles. The van der Waals surface area contributed by atoms with E-state index in [2.05, 4.69) is 0 Å². The molecule has 0 atom stereocenters. The first-order valence-corrected chi connectivity index (χ1v) is 30.5. The molecule has 0 saturated heterocycles. The summed E-state index contributed by atoms with van der Waals surface area (Å²) in [5, 5.41) is 34.5. The standard InChI is InChI=1S/C18H30O6.C16H26O5.C14H22O4.C12H18O3/c19-1-2-21-3-4-22-5-6-23-13-17(20)24-18-10-14-7-15(11-18)9-16(8-14)12-18;17-1-2-19-3-4-20-11-15(18)21-16-8-12-5-13(9-16)7-14(6-12)10-16;15-1-2-17-9-13(16)18-14-6-10-3-11(7-14)5-12(4-10)8-14;13-7-11(14)15-12-4-8-1-9(5-12)3-10(2-8)6-12/h14-16,19H,1-13H2;12-14,17H,1-11H2;10-12,15H,1-9H2;8-10,13H,1-7H2. The zero-order valence-electron chi connectivity index (χ0n) is 46.7. The number of ether oxygens (including phenoxy) is 10. The van der Waals surface area contributed by atoms with E-state index in [0.717, 1.165) is 148 Å². The fourth-order valence-corrected chi connectivity index (χ4v) is 19.0. The van der Waals surface area contributed by atoms with Gasteiger partial charge in [-0.15, -0.1) is 0 Å². The summed E-state index contributed by atoms with van der Waals surface area (Å²) in [5.74, 6) is 8.15. The Balaban J connectivity index is 0.000000128. The molecule has 0 radical (unpaired) electrons. The maximum absolute atomic E-state index is 12.1. The molecule has 16 aliphatic rings. The van der Waals surface area contributed by atoms with Gasteiger partial charge in [-0.05, 0) is 225 Å². The third kappa shape index (κ3) is 16.8. The Labute approximate surface area is 462 Å². The molecular formula is C60H96O18. The number of hydrogen-bond donors (Lipinski definition) is 4. The van der Waals surface area contributed by atoms with E-state index in [1.807, 2.05) is 0 Å². The highest BCUT2D eigenvalue weighted by molar-refractivity contribution is 5.72. The molecule has 0 amide bonds. The second-order valence-corrected chi connectivity index (χ2v) is 26.6. The predicted molar refractivity (Wildman–Crippen MR) is 281 cm³/mol. The first-order valence-electron chi connectivity index (χ1n) is 30.5. The molecule has 0 aromatic rings. The second kappa shape index (κ2) is 28.2. The molecule has 16 rings (SSSR count). The minimum absolute atomic E-state index is 0.00420. The van der Waals surface area contributed by atoms with Gasteiger partial charge in [-0.2, -0.15) is 0 Å². The first-order chi connectivity index (χ1) is 37.8. The number of carbonyl (C=O) groups excluding carboxylic acids is 4. The van der Waals surface area contributed by atoms with E-state index in [4.69, 9.17) is 67.8 Å². The average Bonchev–Trinajstić information content (AvgIpc) is 3.40. The van der Waals surface area contributed by atoms with Gasteiger partial charge in [0.05, 0.1) is 79.3 Å². The van der Waals surface area contributed by atoms with Gasteiger partial charge in [0.25, 0.3) is 0 Å². The molecule has 78 heavy (non-hydrogen) atoms. The Kier molecular flexibility index (Phi) is 21.7. The maximum atomic E-state index is 12.1. The van der Waals surface area contributed by atoms with E-state index < -0.39 is 12.6 Å². The van der Waals surface area contributed by atoms with Crippen LogP contribution in [0, 0.1) is 71.0 Å².